The van der Waals surface area contributed by atoms with Gasteiger partial charge in [-0.15, -0.1) is 0 Å². The van der Waals surface area contributed by atoms with Crippen LogP contribution >= 0.6 is 0 Å². The van der Waals surface area contributed by atoms with Crippen LogP contribution in [0.25, 0.3) is 0 Å². The number of carbonyl (C=O) groups is 2. The highest BCUT2D eigenvalue weighted by Crippen LogP contribution is 2.20. The Labute approximate surface area is 101 Å². The minimum absolute atomic E-state index is 0.0445. The van der Waals surface area contributed by atoms with E-state index in [1.807, 2.05) is 0 Å². The second-order valence-electron chi connectivity index (χ2n) is 3.21. The van der Waals surface area contributed by atoms with Crippen molar-refractivity contribution in [2.45, 2.75) is 12.8 Å². The molecule has 1 aromatic rings. The van der Waals surface area contributed by atoms with Crippen molar-refractivity contribution in [3.05, 3.63) is 28.4 Å². The lowest BCUT2D eigenvalue weighted by molar-refractivity contribution is -0.388. The minimum Gasteiger partial charge on any atom is -0.358 e. The van der Waals surface area contributed by atoms with Crippen molar-refractivity contribution in [1.29, 1.82) is 0 Å². The summed E-state index contributed by atoms with van der Waals surface area (Å²) in [5.74, 6) is -1.78. The van der Waals surface area contributed by atoms with Crippen LogP contribution in [0.3, 0.4) is 0 Å². The van der Waals surface area contributed by atoms with Gasteiger partial charge in [-0.05, 0) is 22.0 Å². The lowest BCUT2D eigenvalue weighted by atomic mass is 10.2. The van der Waals surface area contributed by atoms with Crippen LogP contribution in [0.4, 0.5) is 11.5 Å². The first-order valence-electron chi connectivity index (χ1n) is 4.86. The molecule has 0 spiro atoms. The summed E-state index contributed by atoms with van der Waals surface area (Å²) in [6, 6.07) is 2.76. The Morgan fingerprint density at radius 1 is 1.39 bits per heavy atom. The lowest BCUT2D eigenvalue weighted by Crippen LogP contribution is -2.21. The number of nitrogens with one attached hydrogen (secondary N) is 2. The predicted molar refractivity (Wildman–Crippen MR) is 58.7 cm³/mol. The standard InChI is InChI=1S/C9H10N4O5/c14-7(3-4-8(15)12-16)11-6-2-1-5-10-9(6)13(17)18/h1-2,5,16H,3-4H2,(H,11,14)(H,12,15). The van der Waals surface area contributed by atoms with Gasteiger partial charge in [0.15, 0.2) is 0 Å². The zero-order chi connectivity index (χ0) is 13.5. The van der Waals surface area contributed by atoms with Gasteiger partial charge in [-0.1, -0.05) is 0 Å². The third kappa shape index (κ3) is 3.79. The molecule has 9 heteroatoms. The number of hydroxylamine groups is 1. The molecule has 0 saturated heterocycles. The van der Waals surface area contributed by atoms with Crippen LogP contribution in [0.15, 0.2) is 18.3 Å². The van der Waals surface area contributed by atoms with E-state index in [2.05, 4.69) is 10.3 Å². The van der Waals surface area contributed by atoms with Gasteiger partial charge in [-0.3, -0.25) is 14.8 Å². The van der Waals surface area contributed by atoms with E-state index < -0.39 is 22.6 Å². The van der Waals surface area contributed by atoms with Gasteiger partial charge in [0.05, 0.1) is 0 Å². The van der Waals surface area contributed by atoms with Crippen molar-refractivity contribution in [3.8, 4) is 0 Å². The SMILES string of the molecule is O=C(CCC(=O)Nc1cccnc1[N+](=O)[O-])NO. The number of amides is 2. The number of hydrogen-bond donors (Lipinski definition) is 3. The molecule has 0 aliphatic rings. The molecule has 0 radical (unpaired) electrons. The van der Waals surface area contributed by atoms with Crippen LogP contribution in [0.1, 0.15) is 12.8 Å². The maximum atomic E-state index is 11.4. The average molecular weight is 254 g/mol. The van der Waals surface area contributed by atoms with E-state index in [9.17, 15) is 19.7 Å². The van der Waals surface area contributed by atoms with Gasteiger partial charge in [0.25, 0.3) is 0 Å². The molecule has 0 aromatic carbocycles. The second-order valence-corrected chi connectivity index (χ2v) is 3.21. The average Bonchev–Trinajstić information content (AvgIpc) is 2.36. The largest absolute Gasteiger partial charge is 0.387 e. The highest BCUT2D eigenvalue weighted by molar-refractivity contribution is 5.94. The van der Waals surface area contributed by atoms with E-state index in [-0.39, 0.29) is 18.5 Å². The summed E-state index contributed by atoms with van der Waals surface area (Å²) in [5.41, 5.74) is 1.33. The fraction of sp³-hybridized carbons (Fsp3) is 0.222. The summed E-state index contributed by atoms with van der Waals surface area (Å²) < 4.78 is 0. The van der Waals surface area contributed by atoms with Gasteiger partial charge in [0.2, 0.25) is 11.8 Å². The third-order valence-corrected chi connectivity index (χ3v) is 1.94. The second kappa shape index (κ2) is 6.25. The monoisotopic (exact) mass is 254 g/mol. The Hall–Kier alpha value is -2.55. The highest BCUT2D eigenvalue weighted by atomic mass is 16.6. The Bertz CT molecular complexity index is 476. The molecular formula is C9H10N4O5. The molecule has 0 saturated carbocycles. The number of carbonyl (C=O) groups excluding carboxylic acids is 2. The maximum Gasteiger partial charge on any atom is 0.387 e. The molecule has 0 aliphatic carbocycles. The highest BCUT2D eigenvalue weighted by Gasteiger charge is 2.16. The molecule has 9 nitrogen and oxygen atoms in total. The summed E-state index contributed by atoms with van der Waals surface area (Å²) in [5, 5.41) is 21.1. The first-order chi connectivity index (χ1) is 8.54. The number of anilines is 1. The Morgan fingerprint density at radius 3 is 2.67 bits per heavy atom. The van der Waals surface area contributed by atoms with Crippen LogP contribution in [0.2, 0.25) is 0 Å². The Morgan fingerprint density at radius 2 is 2.06 bits per heavy atom. The number of aromatic nitrogens is 1. The van der Waals surface area contributed by atoms with Gasteiger partial charge in [-0.2, -0.15) is 0 Å². The smallest absolute Gasteiger partial charge is 0.358 e. The fourth-order valence-corrected chi connectivity index (χ4v) is 1.14. The van der Waals surface area contributed by atoms with Crippen molar-refractivity contribution in [1.82, 2.24) is 10.5 Å². The first-order valence-corrected chi connectivity index (χ1v) is 4.86. The van der Waals surface area contributed by atoms with Gasteiger partial charge in [0.1, 0.15) is 11.9 Å². The number of nitro groups is 1. The Kier molecular flexibility index (Phi) is 4.69. The summed E-state index contributed by atoms with van der Waals surface area (Å²) >= 11 is 0. The zero-order valence-corrected chi connectivity index (χ0v) is 9.12. The van der Waals surface area contributed by atoms with Crippen molar-refractivity contribution < 1.29 is 19.7 Å². The normalized spacial score (nSPS) is 9.61. The molecule has 0 bridgehead atoms. The van der Waals surface area contributed by atoms with E-state index >= 15 is 0 Å². The molecular weight excluding hydrogens is 244 g/mol. The van der Waals surface area contributed by atoms with E-state index in [1.54, 1.807) is 0 Å². The number of hydrogen-bond acceptors (Lipinski definition) is 6. The number of pyridine rings is 1. The van der Waals surface area contributed by atoms with Crippen molar-refractivity contribution >= 4 is 23.3 Å². The van der Waals surface area contributed by atoms with E-state index in [1.165, 1.54) is 23.8 Å². The minimum atomic E-state index is -0.726. The van der Waals surface area contributed by atoms with Crippen molar-refractivity contribution in [3.63, 3.8) is 0 Å². The fourth-order valence-electron chi connectivity index (χ4n) is 1.14. The van der Waals surface area contributed by atoms with Crippen LogP contribution < -0.4 is 10.8 Å². The first kappa shape index (κ1) is 13.5. The Balaban J connectivity index is 2.65. The molecule has 0 unspecified atom stereocenters. The zero-order valence-electron chi connectivity index (χ0n) is 9.12. The van der Waals surface area contributed by atoms with Crippen molar-refractivity contribution in [2.75, 3.05) is 5.32 Å². The van der Waals surface area contributed by atoms with Crippen LogP contribution in [-0.4, -0.2) is 26.9 Å². The summed E-state index contributed by atoms with van der Waals surface area (Å²) in [4.78, 5) is 35.5. The van der Waals surface area contributed by atoms with Gasteiger partial charge < -0.3 is 15.4 Å². The molecule has 1 aromatic heterocycles. The summed E-state index contributed by atoms with van der Waals surface area (Å²) in [6.07, 6.45) is 0.793. The van der Waals surface area contributed by atoms with Gasteiger partial charge >= 0.3 is 5.82 Å². The van der Waals surface area contributed by atoms with E-state index in [4.69, 9.17) is 5.21 Å². The maximum absolute atomic E-state index is 11.4. The molecule has 96 valence electrons. The van der Waals surface area contributed by atoms with Crippen LogP contribution in [0.5, 0.6) is 0 Å². The van der Waals surface area contributed by atoms with E-state index in [0.29, 0.717) is 0 Å². The van der Waals surface area contributed by atoms with Gasteiger partial charge in [-0.25, -0.2) is 5.48 Å². The van der Waals surface area contributed by atoms with Crippen molar-refractivity contribution in [2.24, 2.45) is 0 Å². The van der Waals surface area contributed by atoms with Gasteiger partial charge in [0, 0.05) is 12.8 Å². The molecule has 3 N–H and O–H groups in total. The summed E-state index contributed by atoms with van der Waals surface area (Å²) in [7, 11) is 0. The molecule has 1 heterocycles. The lowest BCUT2D eigenvalue weighted by Gasteiger charge is -2.04. The molecule has 0 aliphatic heterocycles. The predicted octanol–water partition coefficient (Wildman–Crippen LogP) is 0.214. The quantitative estimate of drug-likeness (QED) is 0.390. The molecule has 18 heavy (non-hydrogen) atoms. The van der Waals surface area contributed by atoms with E-state index in [0.717, 1.165) is 0 Å². The number of rotatable bonds is 5. The van der Waals surface area contributed by atoms with Crippen LogP contribution in [0, 0.1) is 10.1 Å². The molecule has 1 rings (SSSR count). The molecule has 2 amide bonds. The molecule has 0 fully saturated rings. The van der Waals surface area contributed by atoms with Crippen LogP contribution in [-0.2, 0) is 9.59 Å². The number of nitrogens with zero attached hydrogens (tertiary/aromatic N) is 2. The summed E-state index contributed by atoms with van der Waals surface area (Å²) in [6.45, 7) is 0. The topological polar surface area (TPSA) is 134 Å². The molecule has 0 atom stereocenters. The third-order valence-electron chi connectivity index (χ3n) is 1.94.